The summed E-state index contributed by atoms with van der Waals surface area (Å²) in [5, 5.41) is 4.63. The van der Waals surface area contributed by atoms with E-state index in [0.717, 1.165) is 50.2 Å². The Bertz CT molecular complexity index is 2900. The zero-order valence-electron chi connectivity index (χ0n) is 28.2. The highest BCUT2D eigenvalue weighted by atomic mass is 16.3. The number of furan rings is 2. The van der Waals surface area contributed by atoms with Crippen molar-refractivity contribution in [2.45, 2.75) is 5.41 Å². The van der Waals surface area contributed by atoms with Gasteiger partial charge in [0.25, 0.3) is 0 Å². The Morgan fingerprint density at radius 2 is 0.885 bits per heavy atom. The Morgan fingerprint density at radius 3 is 1.63 bits per heavy atom. The van der Waals surface area contributed by atoms with E-state index in [1.54, 1.807) is 0 Å². The number of benzene rings is 8. The molecule has 0 bridgehead atoms. The van der Waals surface area contributed by atoms with Gasteiger partial charge in [-0.05, 0) is 88.0 Å². The van der Waals surface area contributed by atoms with E-state index in [-0.39, 0.29) is 0 Å². The summed E-state index contributed by atoms with van der Waals surface area (Å²) in [5.74, 6) is 0. The third-order valence-electron chi connectivity index (χ3n) is 10.9. The molecule has 0 spiro atoms. The van der Waals surface area contributed by atoms with Crippen molar-refractivity contribution >= 4 is 60.9 Å². The molecule has 0 aliphatic heterocycles. The number of fused-ring (bicyclic) bond motifs is 3. The molecular formula is C49H31NO2. The zero-order valence-corrected chi connectivity index (χ0v) is 28.2. The summed E-state index contributed by atoms with van der Waals surface area (Å²) >= 11 is 0. The Balaban J connectivity index is 1.15. The van der Waals surface area contributed by atoms with Crippen LogP contribution in [0.4, 0.5) is 17.1 Å². The Hall–Kier alpha value is -6.84. The lowest BCUT2D eigenvalue weighted by Gasteiger charge is -2.35. The fraction of sp³-hybridized carbons (Fsp3) is 0.0204. The lowest BCUT2D eigenvalue weighted by molar-refractivity contribution is 0.663. The van der Waals surface area contributed by atoms with Crippen molar-refractivity contribution in [2.24, 2.45) is 0 Å². The van der Waals surface area contributed by atoms with E-state index in [4.69, 9.17) is 8.83 Å². The highest BCUT2D eigenvalue weighted by Crippen LogP contribution is 2.57. The number of anilines is 3. The van der Waals surface area contributed by atoms with Gasteiger partial charge in [0.15, 0.2) is 0 Å². The number of hydrogen-bond acceptors (Lipinski definition) is 3. The standard InChI is InChI=1S/C49H31NO2/c1-3-12-32(13-4-1)33-24-26-36(27-25-33)50(38-28-29-40-39-18-7-8-21-43(39)51-46(40)31-38)37-17-9-16-35(30-37)49(34-14-5-2-6-15-34)41-19-10-22-44-47(41)48-42(49)20-11-23-45(48)52-44/h1-31H. The molecule has 244 valence electrons. The topological polar surface area (TPSA) is 29.5 Å². The van der Waals surface area contributed by atoms with Crippen molar-refractivity contribution < 1.29 is 8.83 Å². The lowest BCUT2D eigenvalue weighted by Crippen LogP contribution is -2.29. The molecule has 0 unspecified atom stereocenters. The minimum Gasteiger partial charge on any atom is -0.456 e. The predicted molar refractivity (Wildman–Crippen MR) is 213 cm³/mol. The second-order valence-corrected chi connectivity index (χ2v) is 13.7. The first-order valence-corrected chi connectivity index (χ1v) is 17.8. The van der Waals surface area contributed by atoms with Gasteiger partial charge in [0.1, 0.15) is 22.3 Å². The van der Waals surface area contributed by atoms with Gasteiger partial charge >= 0.3 is 0 Å². The van der Waals surface area contributed by atoms with Gasteiger partial charge in [-0.3, -0.25) is 0 Å². The van der Waals surface area contributed by atoms with E-state index < -0.39 is 5.41 Å². The summed E-state index contributed by atoms with van der Waals surface area (Å²) in [4.78, 5) is 2.35. The average Bonchev–Trinajstić information content (AvgIpc) is 3.88. The molecule has 0 N–H and O–H groups in total. The van der Waals surface area contributed by atoms with E-state index in [1.165, 1.54) is 44.2 Å². The molecule has 0 fully saturated rings. The van der Waals surface area contributed by atoms with Crippen LogP contribution in [0.25, 0.3) is 55.0 Å². The van der Waals surface area contributed by atoms with Crippen LogP contribution >= 0.6 is 0 Å². The molecule has 8 aromatic carbocycles. The van der Waals surface area contributed by atoms with Gasteiger partial charge < -0.3 is 13.7 Å². The van der Waals surface area contributed by atoms with Gasteiger partial charge in [-0.1, -0.05) is 127 Å². The smallest absolute Gasteiger partial charge is 0.137 e. The lowest BCUT2D eigenvalue weighted by atomic mass is 9.67. The minimum absolute atomic E-state index is 0.538. The van der Waals surface area contributed by atoms with Crippen LogP contribution < -0.4 is 4.90 Å². The second-order valence-electron chi connectivity index (χ2n) is 13.7. The average molecular weight is 666 g/mol. The third kappa shape index (κ3) is 4.08. The van der Waals surface area contributed by atoms with Gasteiger partial charge in [-0.2, -0.15) is 0 Å². The SMILES string of the molecule is c1ccc(-c2ccc(N(c3cccc(C4(c5ccccc5)c5cccc6oc7cccc4c7c56)c3)c3ccc4c(c3)oc3ccccc34)cc2)cc1. The second kappa shape index (κ2) is 11.1. The summed E-state index contributed by atoms with van der Waals surface area (Å²) in [7, 11) is 0. The fourth-order valence-corrected chi connectivity index (χ4v) is 8.73. The van der Waals surface area contributed by atoms with Crippen molar-refractivity contribution in [1.82, 2.24) is 0 Å². The molecule has 3 heteroatoms. The molecule has 3 nitrogen and oxygen atoms in total. The van der Waals surface area contributed by atoms with Crippen LogP contribution in [0.15, 0.2) is 197 Å². The first kappa shape index (κ1) is 28.9. The largest absolute Gasteiger partial charge is 0.456 e. The molecule has 1 aliphatic rings. The van der Waals surface area contributed by atoms with E-state index in [2.05, 4.69) is 181 Å². The number of hydrogen-bond donors (Lipinski definition) is 0. The van der Waals surface area contributed by atoms with Crippen LogP contribution in [0.1, 0.15) is 22.3 Å². The van der Waals surface area contributed by atoms with Crippen LogP contribution in [-0.4, -0.2) is 0 Å². The van der Waals surface area contributed by atoms with Crippen molar-refractivity contribution in [3.63, 3.8) is 0 Å². The first-order chi connectivity index (χ1) is 25.8. The maximum absolute atomic E-state index is 6.43. The monoisotopic (exact) mass is 665 g/mol. The number of para-hydroxylation sites is 1. The fourth-order valence-electron chi connectivity index (χ4n) is 8.73. The molecule has 2 heterocycles. The van der Waals surface area contributed by atoms with Crippen molar-refractivity contribution in [3.8, 4) is 11.1 Å². The van der Waals surface area contributed by atoms with E-state index in [9.17, 15) is 0 Å². The van der Waals surface area contributed by atoms with Crippen LogP contribution in [0.2, 0.25) is 0 Å². The van der Waals surface area contributed by atoms with Crippen LogP contribution in [-0.2, 0) is 5.41 Å². The maximum Gasteiger partial charge on any atom is 0.137 e. The van der Waals surface area contributed by atoms with Crippen LogP contribution in [0, 0.1) is 0 Å². The first-order valence-electron chi connectivity index (χ1n) is 17.8. The molecule has 2 aromatic heterocycles. The highest BCUT2D eigenvalue weighted by Gasteiger charge is 2.46. The molecule has 0 radical (unpaired) electrons. The summed E-state index contributed by atoms with van der Waals surface area (Å²) in [6.07, 6.45) is 0. The maximum atomic E-state index is 6.43. The molecule has 0 amide bonds. The molecule has 10 aromatic rings. The molecule has 0 saturated carbocycles. The van der Waals surface area contributed by atoms with Gasteiger partial charge in [-0.15, -0.1) is 0 Å². The molecular weight excluding hydrogens is 635 g/mol. The van der Waals surface area contributed by atoms with Gasteiger partial charge in [-0.25, -0.2) is 0 Å². The Labute approximate surface area is 300 Å². The normalized spacial score (nSPS) is 13.2. The van der Waals surface area contributed by atoms with Gasteiger partial charge in [0, 0.05) is 44.7 Å². The number of rotatable bonds is 6. The van der Waals surface area contributed by atoms with Crippen LogP contribution in [0.3, 0.4) is 0 Å². The molecule has 52 heavy (non-hydrogen) atoms. The van der Waals surface area contributed by atoms with E-state index in [1.807, 2.05) is 12.1 Å². The molecule has 0 saturated heterocycles. The highest BCUT2D eigenvalue weighted by molar-refractivity contribution is 6.14. The summed E-state index contributed by atoms with van der Waals surface area (Å²) in [6, 6.07) is 67.3. The Kier molecular flexibility index (Phi) is 6.17. The Morgan fingerprint density at radius 1 is 0.346 bits per heavy atom. The van der Waals surface area contributed by atoms with Gasteiger partial charge in [0.2, 0.25) is 0 Å². The summed E-state index contributed by atoms with van der Waals surface area (Å²) in [6.45, 7) is 0. The van der Waals surface area contributed by atoms with E-state index in [0.29, 0.717) is 0 Å². The molecule has 1 aliphatic carbocycles. The van der Waals surface area contributed by atoms with Crippen molar-refractivity contribution in [3.05, 3.63) is 210 Å². The van der Waals surface area contributed by atoms with Crippen molar-refractivity contribution in [2.75, 3.05) is 4.90 Å². The third-order valence-corrected chi connectivity index (χ3v) is 10.9. The molecule has 11 rings (SSSR count). The van der Waals surface area contributed by atoms with E-state index >= 15 is 0 Å². The van der Waals surface area contributed by atoms with Gasteiger partial charge in [0.05, 0.1) is 5.41 Å². The van der Waals surface area contributed by atoms with Crippen molar-refractivity contribution in [1.29, 1.82) is 0 Å². The summed E-state index contributed by atoms with van der Waals surface area (Å²) < 4.78 is 12.8. The molecule has 0 atom stereocenters. The predicted octanol–water partition coefficient (Wildman–Crippen LogP) is 13.3. The van der Waals surface area contributed by atoms with Crippen LogP contribution in [0.5, 0.6) is 0 Å². The zero-order chi connectivity index (χ0) is 34.2. The minimum atomic E-state index is -0.538. The quantitative estimate of drug-likeness (QED) is 0.177. The number of nitrogens with zero attached hydrogens (tertiary/aromatic N) is 1. The summed E-state index contributed by atoms with van der Waals surface area (Å²) in [5.41, 5.74) is 13.5.